The minimum Gasteiger partial charge on any atom is -0.299 e. The number of Topliss-reactive ketones (excluding diaryl/α,β-unsaturated/α-hetero) is 1. The summed E-state index contributed by atoms with van der Waals surface area (Å²) in [5, 5.41) is 0. The number of carbonyl (C=O) groups is 1. The van der Waals surface area contributed by atoms with Gasteiger partial charge in [-0.25, -0.2) is 8.42 Å². The van der Waals surface area contributed by atoms with Crippen molar-refractivity contribution in [1.29, 1.82) is 0 Å². The first-order valence-corrected chi connectivity index (χ1v) is 8.54. The first-order valence-electron chi connectivity index (χ1n) is 7.10. The van der Waals surface area contributed by atoms with E-state index >= 15 is 0 Å². The lowest BCUT2D eigenvalue weighted by Crippen LogP contribution is -2.50. The molecule has 1 heterocycles. The van der Waals surface area contributed by atoms with Crippen molar-refractivity contribution < 1.29 is 13.2 Å². The predicted molar refractivity (Wildman–Crippen MR) is 75.8 cm³/mol. The van der Waals surface area contributed by atoms with Crippen molar-refractivity contribution in [2.24, 2.45) is 5.92 Å². The lowest BCUT2D eigenvalue weighted by Gasteiger charge is -2.41. The molecule has 20 heavy (non-hydrogen) atoms. The van der Waals surface area contributed by atoms with Gasteiger partial charge in [0.1, 0.15) is 5.78 Å². The van der Waals surface area contributed by atoms with Crippen molar-refractivity contribution in [3.8, 4) is 0 Å². The Morgan fingerprint density at radius 1 is 1.15 bits per heavy atom. The maximum atomic E-state index is 12.7. The fourth-order valence-electron chi connectivity index (χ4n) is 3.26. The number of carbonyl (C=O) groups excluding carboxylic acids is 1. The van der Waals surface area contributed by atoms with Gasteiger partial charge >= 0.3 is 0 Å². The molecule has 1 aromatic rings. The van der Waals surface area contributed by atoms with E-state index in [9.17, 15) is 13.2 Å². The van der Waals surface area contributed by atoms with Crippen LogP contribution in [-0.2, 0) is 14.8 Å². The second-order valence-electron chi connectivity index (χ2n) is 5.81. The molecule has 0 N–H and O–H groups in total. The molecule has 1 saturated heterocycles. The van der Waals surface area contributed by atoms with Crippen molar-refractivity contribution in [2.75, 3.05) is 6.54 Å². The fraction of sp³-hybridized carbons (Fsp3) is 0.533. The fourth-order valence-corrected chi connectivity index (χ4v) is 4.94. The molecule has 2 bridgehead atoms. The largest absolute Gasteiger partial charge is 0.299 e. The zero-order valence-electron chi connectivity index (χ0n) is 11.6. The summed E-state index contributed by atoms with van der Waals surface area (Å²) in [6, 6.07) is 6.99. The lowest BCUT2D eigenvalue weighted by atomic mass is 9.80. The summed E-state index contributed by atoms with van der Waals surface area (Å²) in [6.07, 6.45) is 2.56. The van der Waals surface area contributed by atoms with Gasteiger partial charge in [0.2, 0.25) is 10.0 Å². The summed E-state index contributed by atoms with van der Waals surface area (Å²) < 4.78 is 27.1. The van der Waals surface area contributed by atoms with E-state index in [0.717, 1.165) is 5.56 Å². The number of rotatable bonds is 2. The highest BCUT2D eigenvalue weighted by molar-refractivity contribution is 7.89. The zero-order chi connectivity index (χ0) is 14.3. The zero-order valence-corrected chi connectivity index (χ0v) is 12.4. The van der Waals surface area contributed by atoms with Gasteiger partial charge in [-0.1, -0.05) is 17.7 Å². The molecule has 4 nitrogen and oxygen atoms in total. The van der Waals surface area contributed by atoms with E-state index in [-0.39, 0.29) is 12.0 Å². The first kappa shape index (κ1) is 13.8. The van der Waals surface area contributed by atoms with E-state index < -0.39 is 10.0 Å². The third-order valence-corrected chi connectivity index (χ3v) is 6.43. The molecule has 0 unspecified atom stereocenters. The number of ketones is 1. The van der Waals surface area contributed by atoms with E-state index in [4.69, 9.17) is 0 Å². The lowest BCUT2D eigenvalue weighted by molar-refractivity contribution is -0.127. The van der Waals surface area contributed by atoms with Crippen LogP contribution in [0.25, 0.3) is 0 Å². The van der Waals surface area contributed by atoms with Gasteiger partial charge < -0.3 is 0 Å². The van der Waals surface area contributed by atoms with Crippen molar-refractivity contribution >= 4 is 15.8 Å². The van der Waals surface area contributed by atoms with Crippen LogP contribution in [0.2, 0.25) is 0 Å². The van der Waals surface area contributed by atoms with E-state index in [0.29, 0.717) is 42.9 Å². The summed E-state index contributed by atoms with van der Waals surface area (Å²) in [5.41, 5.74) is 1.05. The maximum Gasteiger partial charge on any atom is 0.243 e. The van der Waals surface area contributed by atoms with Crippen LogP contribution in [0.5, 0.6) is 0 Å². The van der Waals surface area contributed by atoms with Gasteiger partial charge in [0, 0.05) is 24.9 Å². The summed E-state index contributed by atoms with van der Waals surface area (Å²) in [7, 11) is -3.43. The molecule has 0 spiro atoms. The normalized spacial score (nSPS) is 27.6. The Kier molecular flexibility index (Phi) is 3.42. The summed E-state index contributed by atoms with van der Waals surface area (Å²) in [6.45, 7) is 2.41. The average Bonchev–Trinajstić information content (AvgIpc) is 2.44. The molecule has 1 aromatic carbocycles. The summed E-state index contributed by atoms with van der Waals surface area (Å²) >= 11 is 0. The van der Waals surface area contributed by atoms with Gasteiger partial charge in [-0.3, -0.25) is 4.79 Å². The molecule has 3 rings (SSSR count). The van der Waals surface area contributed by atoms with E-state index in [1.54, 1.807) is 16.4 Å². The smallest absolute Gasteiger partial charge is 0.243 e. The number of hydrogen-bond acceptors (Lipinski definition) is 3. The van der Waals surface area contributed by atoms with Crippen molar-refractivity contribution in [1.82, 2.24) is 4.31 Å². The Balaban J connectivity index is 1.88. The van der Waals surface area contributed by atoms with Gasteiger partial charge in [0.15, 0.2) is 0 Å². The standard InChI is InChI=1S/C15H19NO3S/c1-11-2-5-14(6-3-11)20(18,19)16-9-8-12-10-13(16)4-7-15(12)17/h2-3,5-6,12-13H,4,7-10H2,1H3/t12-,13-/m1/s1. The number of benzene rings is 1. The van der Waals surface area contributed by atoms with Crippen LogP contribution >= 0.6 is 0 Å². The van der Waals surface area contributed by atoms with E-state index in [1.807, 2.05) is 19.1 Å². The molecular weight excluding hydrogens is 274 g/mol. The highest BCUT2D eigenvalue weighted by Gasteiger charge is 2.41. The molecule has 2 fully saturated rings. The van der Waals surface area contributed by atoms with Crippen LogP contribution in [-0.4, -0.2) is 31.1 Å². The van der Waals surface area contributed by atoms with Crippen LogP contribution in [0.1, 0.15) is 31.2 Å². The summed E-state index contributed by atoms with van der Waals surface area (Å²) in [4.78, 5) is 12.1. The monoisotopic (exact) mass is 293 g/mol. The number of aryl methyl sites for hydroxylation is 1. The van der Waals surface area contributed by atoms with Crippen LogP contribution in [0.15, 0.2) is 29.2 Å². The van der Waals surface area contributed by atoms with Crippen molar-refractivity contribution in [3.63, 3.8) is 0 Å². The average molecular weight is 293 g/mol. The third kappa shape index (κ3) is 2.29. The molecule has 2 aliphatic rings. The molecule has 0 radical (unpaired) electrons. The molecule has 0 amide bonds. The number of sulfonamides is 1. The van der Waals surface area contributed by atoms with Crippen molar-refractivity contribution in [3.05, 3.63) is 29.8 Å². The van der Waals surface area contributed by atoms with Crippen LogP contribution in [0.3, 0.4) is 0 Å². The minimum atomic E-state index is -3.43. The SMILES string of the molecule is Cc1ccc(S(=O)(=O)N2CC[C@@H]3C[C@H]2CCC3=O)cc1. The Hall–Kier alpha value is -1.20. The molecule has 0 aromatic heterocycles. The second kappa shape index (κ2) is 4.97. The predicted octanol–water partition coefficient (Wildman–Crippen LogP) is 2.13. The van der Waals surface area contributed by atoms with Gasteiger partial charge in [0.25, 0.3) is 0 Å². The first-order chi connectivity index (χ1) is 9.48. The highest BCUT2D eigenvalue weighted by Crippen LogP contribution is 2.35. The van der Waals surface area contributed by atoms with Gasteiger partial charge in [-0.05, 0) is 38.3 Å². The van der Waals surface area contributed by atoms with E-state index in [2.05, 4.69) is 0 Å². The molecule has 2 atom stereocenters. The van der Waals surface area contributed by atoms with Gasteiger partial charge in [-0.2, -0.15) is 4.31 Å². The third-order valence-electron chi connectivity index (χ3n) is 4.47. The number of nitrogens with zero attached hydrogens (tertiary/aromatic N) is 1. The Morgan fingerprint density at radius 2 is 1.85 bits per heavy atom. The topological polar surface area (TPSA) is 54.5 Å². The highest BCUT2D eigenvalue weighted by atomic mass is 32.2. The van der Waals surface area contributed by atoms with E-state index in [1.165, 1.54) is 0 Å². The maximum absolute atomic E-state index is 12.7. The molecular formula is C15H19NO3S. The Labute approximate surface area is 119 Å². The Morgan fingerprint density at radius 3 is 2.55 bits per heavy atom. The van der Waals surface area contributed by atoms with Crippen LogP contribution < -0.4 is 0 Å². The molecule has 108 valence electrons. The van der Waals surface area contributed by atoms with Gasteiger partial charge in [0.05, 0.1) is 4.90 Å². The van der Waals surface area contributed by atoms with Crippen LogP contribution in [0.4, 0.5) is 0 Å². The minimum absolute atomic E-state index is 0.00208. The number of piperidine rings is 1. The molecule has 1 aliphatic carbocycles. The second-order valence-corrected chi connectivity index (χ2v) is 7.70. The van der Waals surface area contributed by atoms with Crippen molar-refractivity contribution in [2.45, 2.75) is 43.5 Å². The molecule has 1 aliphatic heterocycles. The summed E-state index contributed by atoms with van der Waals surface area (Å²) in [5.74, 6) is 0.395. The number of hydrogen-bond donors (Lipinski definition) is 0. The van der Waals surface area contributed by atoms with Gasteiger partial charge in [-0.15, -0.1) is 0 Å². The molecule has 1 saturated carbocycles. The molecule has 5 heteroatoms. The number of fused-ring (bicyclic) bond motifs is 2. The Bertz CT molecular complexity index is 621. The quantitative estimate of drug-likeness (QED) is 0.839. The van der Waals surface area contributed by atoms with Crippen LogP contribution in [0, 0.1) is 12.8 Å².